The van der Waals surface area contributed by atoms with Gasteiger partial charge in [0.15, 0.2) is 5.78 Å². The highest BCUT2D eigenvalue weighted by Crippen LogP contribution is 2.32. The van der Waals surface area contributed by atoms with E-state index in [9.17, 15) is 38.4 Å². The molecule has 20 nitrogen and oxygen atoms in total. The molecule has 7 amide bonds. The van der Waals surface area contributed by atoms with E-state index in [0.717, 1.165) is 38.5 Å². The second-order valence-electron chi connectivity index (χ2n) is 20.5. The van der Waals surface area contributed by atoms with Gasteiger partial charge in [0.25, 0.3) is 0 Å². The quantitative estimate of drug-likeness (QED) is 0.0623. The van der Waals surface area contributed by atoms with Gasteiger partial charge in [-0.05, 0) is 74.6 Å². The van der Waals surface area contributed by atoms with E-state index in [4.69, 9.17) is 10.5 Å². The van der Waals surface area contributed by atoms with E-state index in [0.29, 0.717) is 76.4 Å². The summed E-state index contributed by atoms with van der Waals surface area (Å²) in [7, 11) is 1.57. The molecule has 3 aliphatic heterocycles. The average molecular weight is 962 g/mol. The zero-order valence-electron chi connectivity index (χ0n) is 40.4. The van der Waals surface area contributed by atoms with E-state index in [1.165, 1.54) is 0 Å². The maximum Gasteiger partial charge on any atom is 0.226 e. The molecule has 380 valence electrons. The van der Waals surface area contributed by atoms with Crippen LogP contribution in [0.4, 0.5) is 0 Å². The summed E-state index contributed by atoms with van der Waals surface area (Å²) in [6, 6.07) is 4.96. The molecule has 0 bridgehead atoms. The van der Waals surface area contributed by atoms with E-state index >= 15 is 0 Å². The molecular weight excluding hydrogens is 887 g/mol. The van der Waals surface area contributed by atoms with E-state index in [2.05, 4.69) is 53.2 Å². The summed E-state index contributed by atoms with van der Waals surface area (Å²) in [6.45, 7) is 6.70. The Labute approximate surface area is 404 Å². The molecule has 7 rings (SSSR count). The molecule has 6 aliphatic rings. The zero-order chi connectivity index (χ0) is 49.2. The highest BCUT2D eigenvalue weighted by atomic mass is 16.5. The summed E-state index contributed by atoms with van der Waals surface area (Å²) in [5, 5.41) is 31.4. The molecule has 1 aromatic carbocycles. The van der Waals surface area contributed by atoms with Crippen LogP contribution in [0, 0.1) is 53.3 Å². The van der Waals surface area contributed by atoms with Gasteiger partial charge in [0, 0.05) is 75.9 Å². The Hall–Kier alpha value is -5.18. The Kier molecular flexibility index (Phi) is 18.0. The lowest BCUT2D eigenvalue weighted by atomic mass is 9.92. The van der Waals surface area contributed by atoms with Crippen LogP contribution in [-0.4, -0.2) is 143 Å². The van der Waals surface area contributed by atoms with Gasteiger partial charge in [-0.15, -0.1) is 0 Å². The van der Waals surface area contributed by atoms with Crippen molar-refractivity contribution in [1.29, 1.82) is 0 Å². The first-order valence-electron chi connectivity index (χ1n) is 25.3. The number of rotatable bonds is 21. The maximum absolute atomic E-state index is 13.9. The molecule has 13 atom stereocenters. The van der Waals surface area contributed by atoms with Crippen LogP contribution in [0.15, 0.2) is 24.3 Å². The highest BCUT2D eigenvalue weighted by Gasteiger charge is 2.43. The summed E-state index contributed by atoms with van der Waals surface area (Å²) >= 11 is 0. The molecule has 0 radical (unpaired) electrons. The van der Waals surface area contributed by atoms with Crippen molar-refractivity contribution in [1.82, 2.24) is 53.2 Å². The molecular formula is C49H75N11O9. The van der Waals surface area contributed by atoms with Gasteiger partial charge >= 0.3 is 0 Å². The number of carbonyl (C=O) groups excluding carboxylic acids is 8. The zero-order valence-corrected chi connectivity index (χ0v) is 40.4. The number of nitrogens with two attached hydrogens (primary N) is 1. The lowest BCUT2D eigenvalue weighted by molar-refractivity contribution is -0.130. The normalized spacial score (nSPS) is 31.2. The first-order chi connectivity index (χ1) is 33.2. The van der Waals surface area contributed by atoms with Crippen LogP contribution in [0.1, 0.15) is 82.0 Å². The fourth-order valence-corrected chi connectivity index (χ4v) is 11.5. The van der Waals surface area contributed by atoms with Crippen LogP contribution in [0.2, 0.25) is 0 Å². The van der Waals surface area contributed by atoms with Crippen molar-refractivity contribution in [2.45, 2.75) is 102 Å². The van der Waals surface area contributed by atoms with Crippen LogP contribution >= 0.6 is 0 Å². The van der Waals surface area contributed by atoms with Crippen molar-refractivity contribution in [3.05, 3.63) is 29.8 Å². The first kappa shape index (κ1) is 51.7. The van der Waals surface area contributed by atoms with Gasteiger partial charge in [0.2, 0.25) is 41.4 Å². The summed E-state index contributed by atoms with van der Waals surface area (Å²) in [5.74, 6) is -4.50. The van der Waals surface area contributed by atoms with Gasteiger partial charge in [-0.1, -0.05) is 33.1 Å². The van der Waals surface area contributed by atoms with Crippen LogP contribution in [0.3, 0.4) is 0 Å². The third-order valence-corrected chi connectivity index (χ3v) is 15.8. The first-order valence-corrected chi connectivity index (χ1v) is 25.3. The van der Waals surface area contributed by atoms with Crippen molar-refractivity contribution < 1.29 is 43.1 Å². The Morgan fingerprint density at radius 3 is 1.65 bits per heavy atom. The van der Waals surface area contributed by atoms with E-state index in [-0.39, 0.29) is 89.9 Å². The van der Waals surface area contributed by atoms with Gasteiger partial charge in [-0.3, -0.25) is 38.4 Å². The summed E-state index contributed by atoms with van der Waals surface area (Å²) in [6.07, 6.45) is 6.70. The van der Waals surface area contributed by atoms with Gasteiger partial charge in [0.1, 0.15) is 5.75 Å². The Morgan fingerprint density at radius 2 is 1.07 bits per heavy atom. The topological polar surface area (TPSA) is 292 Å². The van der Waals surface area contributed by atoms with Crippen molar-refractivity contribution in [3.8, 4) is 5.75 Å². The Balaban J connectivity index is 0.850. The number of primary amides is 1. The van der Waals surface area contributed by atoms with E-state index in [1.54, 1.807) is 31.4 Å². The lowest BCUT2D eigenvalue weighted by Gasteiger charge is -2.28. The number of methoxy groups -OCH3 is 1. The monoisotopic (exact) mass is 962 g/mol. The fourth-order valence-electron chi connectivity index (χ4n) is 11.5. The second kappa shape index (κ2) is 24.1. The number of hydrogen-bond acceptors (Lipinski definition) is 13. The predicted octanol–water partition coefficient (Wildman–Crippen LogP) is -1.56. The van der Waals surface area contributed by atoms with Gasteiger partial charge in [0.05, 0.1) is 67.3 Å². The molecule has 13 unspecified atom stereocenters. The molecule has 3 saturated heterocycles. The molecule has 0 aromatic heterocycles. The van der Waals surface area contributed by atoms with Crippen molar-refractivity contribution >= 4 is 47.1 Å². The molecule has 1 aromatic rings. The molecule has 3 saturated carbocycles. The number of ether oxygens (including phenoxy) is 1. The minimum Gasteiger partial charge on any atom is -0.497 e. The number of benzene rings is 1. The largest absolute Gasteiger partial charge is 0.497 e. The summed E-state index contributed by atoms with van der Waals surface area (Å²) in [5.41, 5.74) is 6.13. The highest BCUT2D eigenvalue weighted by molar-refractivity contribution is 5.97. The summed E-state index contributed by atoms with van der Waals surface area (Å²) in [4.78, 5) is 107. The van der Waals surface area contributed by atoms with Crippen molar-refractivity contribution in [2.75, 3.05) is 66.0 Å². The van der Waals surface area contributed by atoms with Crippen LogP contribution < -0.4 is 63.6 Å². The van der Waals surface area contributed by atoms with E-state index < -0.39 is 53.8 Å². The second-order valence-corrected chi connectivity index (χ2v) is 20.5. The van der Waals surface area contributed by atoms with Gasteiger partial charge in [-0.25, -0.2) is 0 Å². The lowest BCUT2D eigenvalue weighted by Crippen LogP contribution is -2.54. The average Bonchev–Trinajstić information content (AvgIpc) is 4.20. The predicted molar refractivity (Wildman–Crippen MR) is 255 cm³/mol. The molecule has 69 heavy (non-hydrogen) atoms. The third kappa shape index (κ3) is 13.0. The van der Waals surface area contributed by atoms with Crippen molar-refractivity contribution in [3.63, 3.8) is 0 Å². The minimum atomic E-state index is -0.597. The molecule has 12 N–H and O–H groups in total. The molecule has 3 heterocycles. The Bertz CT molecular complexity index is 2020. The minimum absolute atomic E-state index is 0.0135. The van der Waals surface area contributed by atoms with E-state index in [1.807, 2.05) is 13.8 Å². The van der Waals surface area contributed by atoms with Gasteiger partial charge in [-0.2, -0.15) is 0 Å². The SMILES string of the molecule is COc1ccc(C(=O)CNC2CCCC2C(=O)NC2CNCC2C(=O)NCC(C(=O)NC2CNCC2C(=O)NC2CCCC2C(=O)NC2CNCC2C(=O)NCC2CCCC2C(N)=O)C(C)C)cc1. The van der Waals surface area contributed by atoms with Crippen LogP contribution in [0.25, 0.3) is 0 Å². The number of nitrogens with one attached hydrogen (secondary N) is 10. The van der Waals surface area contributed by atoms with Gasteiger partial charge < -0.3 is 63.6 Å². The number of hydrogen-bond donors (Lipinski definition) is 11. The Morgan fingerprint density at radius 1 is 0.580 bits per heavy atom. The van der Waals surface area contributed by atoms with Crippen molar-refractivity contribution in [2.24, 2.45) is 59.0 Å². The molecule has 3 aliphatic carbocycles. The number of carbonyl (C=O) groups is 8. The molecule has 20 heteroatoms. The third-order valence-electron chi connectivity index (χ3n) is 15.8. The smallest absolute Gasteiger partial charge is 0.226 e. The van der Waals surface area contributed by atoms with Crippen LogP contribution in [0.5, 0.6) is 5.75 Å². The fraction of sp³-hybridized carbons (Fsp3) is 0.714. The van der Waals surface area contributed by atoms with Crippen LogP contribution in [-0.2, 0) is 33.6 Å². The number of amides is 7. The number of Topliss-reactive ketones (excluding diaryl/α,β-unsaturated/α-hetero) is 1. The molecule has 0 spiro atoms. The standard InChI is InChI=1S/C49H75N11O9/c1-26(2)33(21-56-45(64)35-19-52-23-40(35)58-46(65)31-9-5-11-37(31)54-25-42(61)27-13-15-29(69-3)16-14-27)48(67)60-41-24-53-20-36(41)49(68)57-38-12-6-10-32(38)47(66)59-39-22-51-18-34(39)44(63)55-17-28-7-4-8-30(28)43(50)62/h13-16,26,28,30-41,51-54H,4-12,17-25H2,1-3H3,(H2,50,62)(H,55,63)(H,56,64)(H,57,68)(H,58,65)(H,59,66)(H,60,67). The summed E-state index contributed by atoms with van der Waals surface area (Å²) < 4.78 is 5.19. The molecule has 6 fully saturated rings. The number of ketones is 1. The maximum atomic E-state index is 13.9.